The highest BCUT2D eigenvalue weighted by molar-refractivity contribution is 7.47. The topological polar surface area (TPSA) is 108 Å². The highest BCUT2D eigenvalue weighted by atomic mass is 31.2. The van der Waals surface area contributed by atoms with E-state index in [0.29, 0.717) is 17.4 Å². The standard InChI is InChI=1S/C41H72NO8P/c1-6-8-10-12-14-16-18-20-22-23-25-27-29-31-33-40(43)47-37-39(38-49-51(45,46)48-36-35-42(3,4)5)50-41(44)34-32-30-28-26-24-21-19-17-15-13-11-9-7-2/h8-11,13-17,19,39H,6-7,12,18,20-38H2,1-5H3/p+1/b10-8+,11-9+,15-13+,16-14+,19-17+. The van der Waals surface area contributed by atoms with Crippen molar-refractivity contribution in [3.05, 3.63) is 60.8 Å². The van der Waals surface area contributed by atoms with Crippen LogP contribution in [0.2, 0.25) is 0 Å². The smallest absolute Gasteiger partial charge is 0.462 e. The van der Waals surface area contributed by atoms with Gasteiger partial charge in [0.15, 0.2) is 6.10 Å². The van der Waals surface area contributed by atoms with Gasteiger partial charge in [0.1, 0.15) is 19.8 Å². The Labute approximate surface area is 311 Å². The van der Waals surface area contributed by atoms with Gasteiger partial charge in [-0.2, -0.15) is 0 Å². The lowest BCUT2D eigenvalue weighted by molar-refractivity contribution is -0.870. The van der Waals surface area contributed by atoms with E-state index in [4.69, 9.17) is 18.5 Å². The number of rotatable bonds is 34. The van der Waals surface area contributed by atoms with E-state index in [1.807, 2.05) is 39.4 Å². The summed E-state index contributed by atoms with van der Waals surface area (Å²) in [6, 6.07) is 0. The summed E-state index contributed by atoms with van der Waals surface area (Å²) >= 11 is 0. The zero-order chi connectivity index (χ0) is 37.9. The molecular weight excluding hydrogens is 665 g/mol. The van der Waals surface area contributed by atoms with Crippen molar-refractivity contribution in [1.29, 1.82) is 0 Å². The van der Waals surface area contributed by atoms with Crippen LogP contribution < -0.4 is 0 Å². The Morgan fingerprint density at radius 3 is 1.76 bits per heavy atom. The van der Waals surface area contributed by atoms with Crippen molar-refractivity contribution in [3.8, 4) is 0 Å². The fourth-order valence-electron chi connectivity index (χ4n) is 4.81. The average Bonchev–Trinajstić information content (AvgIpc) is 3.07. The molecule has 0 aromatic rings. The van der Waals surface area contributed by atoms with Crippen LogP contribution in [0.4, 0.5) is 0 Å². The molecule has 0 aromatic heterocycles. The van der Waals surface area contributed by atoms with Crippen molar-refractivity contribution >= 4 is 19.8 Å². The number of quaternary nitrogens is 1. The van der Waals surface area contributed by atoms with E-state index in [1.54, 1.807) is 0 Å². The van der Waals surface area contributed by atoms with Crippen molar-refractivity contribution in [2.75, 3.05) is 47.5 Å². The minimum atomic E-state index is -4.38. The van der Waals surface area contributed by atoms with Crippen LogP contribution in [-0.4, -0.2) is 74.9 Å². The van der Waals surface area contributed by atoms with Crippen molar-refractivity contribution in [1.82, 2.24) is 0 Å². The number of phosphoric ester groups is 1. The molecule has 2 unspecified atom stereocenters. The summed E-state index contributed by atoms with van der Waals surface area (Å²) < 4.78 is 34.1. The molecule has 294 valence electrons. The maximum absolute atomic E-state index is 12.6. The molecule has 0 rings (SSSR count). The Morgan fingerprint density at radius 2 is 1.16 bits per heavy atom. The number of carbonyl (C=O) groups is 2. The monoisotopic (exact) mass is 739 g/mol. The van der Waals surface area contributed by atoms with Gasteiger partial charge in [-0.05, 0) is 57.8 Å². The van der Waals surface area contributed by atoms with Crippen LogP contribution in [-0.2, 0) is 32.7 Å². The highest BCUT2D eigenvalue weighted by Crippen LogP contribution is 2.43. The zero-order valence-electron chi connectivity index (χ0n) is 32.8. The number of hydrogen-bond donors (Lipinski definition) is 1. The fourth-order valence-corrected chi connectivity index (χ4v) is 5.56. The first-order valence-corrected chi connectivity index (χ1v) is 21.0. The van der Waals surface area contributed by atoms with Crippen molar-refractivity contribution in [2.45, 2.75) is 142 Å². The second-order valence-electron chi connectivity index (χ2n) is 14.0. The van der Waals surface area contributed by atoms with Crippen LogP contribution in [0.15, 0.2) is 60.8 Å². The molecule has 0 bridgehead atoms. The molecule has 10 heteroatoms. The lowest BCUT2D eigenvalue weighted by Gasteiger charge is -2.24. The van der Waals surface area contributed by atoms with Crippen molar-refractivity contribution in [2.24, 2.45) is 0 Å². The summed E-state index contributed by atoms with van der Waals surface area (Å²) in [6.45, 7) is 4.12. The number of likely N-dealkylation sites (N-methyl/N-ethyl adjacent to an activating group) is 1. The normalized spacial score (nSPS) is 14.4. The van der Waals surface area contributed by atoms with Gasteiger partial charge in [0.25, 0.3) is 0 Å². The summed E-state index contributed by atoms with van der Waals surface area (Å²) in [5, 5.41) is 0. The third-order valence-electron chi connectivity index (χ3n) is 7.85. The third kappa shape index (κ3) is 37.3. The van der Waals surface area contributed by atoms with Gasteiger partial charge in [-0.15, -0.1) is 0 Å². The summed E-state index contributed by atoms with van der Waals surface area (Å²) in [6.07, 6.45) is 38.4. The van der Waals surface area contributed by atoms with Gasteiger partial charge in [-0.1, -0.05) is 126 Å². The molecule has 51 heavy (non-hydrogen) atoms. The Morgan fingerprint density at radius 1 is 0.627 bits per heavy atom. The molecule has 0 aliphatic heterocycles. The second-order valence-corrected chi connectivity index (χ2v) is 15.4. The molecule has 9 nitrogen and oxygen atoms in total. The van der Waals surface area contributed by atoms with Gasteiger partial charge in [0, 0.05) is 12.8 Å². The summed E-state index contributed by atoms with van der Waals surface area (Å²) in [5.41, 5.74) is 0. The number of allylic oxidation sites excluding steroid dienone is 10. The molecule has 0 saturated carbocycles. The number of phosphoric acid groups is 1. The lowest BCUT2D eigenvalue weighted by atomic mass is 10.1. The fraction of sp³-hybridized carbons (Fsp3) is 0.707. The number of unbranched alkanes of at least 4 members (excludes halogenated alkanes) is 12. The molecule has 2 atom stereocenters. The molecule has 0 amide bonds. The van der Waals surface area contributed by atoms with Gasteiger partial charge in [0.05, 0.1) is 27.7 Å². The molecule has 0 fully saturated rings. The average molecular weight is 739 g/mol. The van der Waals surface area contributed by atoms with Crippen molar-refractivity contribution < 1.29 is 42.1 Å². The van der Waals surface area contributed by atoms with Crippen LogP contribution in [0.5, 0.6) is 0 Å². The van der Waals surface area contributed by atoms with E-state index in [9.17, 15) is 19.0 Å². The van der Waals surface area contributed by atoms with Gasteiger partial charge < -0.3 is 18.9 Å². The van der Waals surface area contributed by atoms with Crippen LogP contribution in [0.3, 0.4) is 0 Å². The van der Waals surface area contributed by atoms with Gasteiger partial charge in [-0.3, -0.25) is 18.6 Å². The molecular formula is C41H73NO8P+. The van der Waals surface area contributed by atoms with Gasteiger partial charge in [0.2, 0.25) is 0 Å². The van der Waals surface area contributed by atoms with E-state index >= 15 is 0 Å². The van der Waals surface area contributed by atoms with Crippen LogP contribution in [0, 0.1) is 0 Å². The van der Waals surface area contributed by atoms with Crippen LogP contribution in [0.1, 0.15) is 136 Å². The van der Waals surface area contributed by atoms with Crippen LogP contribution in [0.25, 0.3) is 0 Å². The van der Waals surface area contributed by atoms with Gasteiger partial charge >= 0.3 is 19.8 Å². The number of hydrogen-bond acceptors (Lipinski definition) is 7. The molecule has 0 aliphatic carbocycles. The van der Waals surface area contributed by atoms with E-state index in [1.165, 1.54) is 19.3 Å². The third-order valence-corrected chi connectivity index (χ3v) is 8.84. The minimum Gasteiger partial charge on any atom is -0.462 e. The minimum absolute atomic E-state index is 0.0231. The molecule has 0 saturated heterocycles. The van der Waals surface area contributed by atoms with E-state index in [-0.39, 0.29) is 32.0 Å². The molecule has 0 radical (unpaired) electrons. The SMILES string of the molecule is CC/C=C/C=C/C=C/CCCCCCCC(=O)OC(COC(=O)CCCCCCCCC/C=C/C/C=C/CC)COP(=O)(O)OCC[N+](C)(C)C. The quantitative estimate of drug-likeness (QED) is 0.0174. The Bertz CT molecular complexity index is 1060. The van der Waals surface area contributed by atoms with E-state index in [2.05, 4.69) is 56.4 Å². The summed E-state index contributed by atoms with van der Waals surface area (Å²) in [5.74, 6) is -0.840. The second kappa shape index (κ2) is 33.5. The maximum atomic E-state index is 12.6. The van der Waals surface area contributed by atoms with Crippen LogP contribution >= 0.6 is 7.82 Å². The predicted molar refractivity (Wildman–Crippen MR) is 210 cm³/mol. The zero-order valence-corrected chi connectivity index (χ0v) is 33.7. The number of ether oxygens (including phenoxy) is 2. The number of nitrogens with zero attached hydrogens (tertiary/aromatic N) is 1. The first-order chi connectivity index (χ1) is 24.5. The lowest BCUT2D eigenvalue weighted by Crippen LogP contribution is -2.37. The van der Waals surface area contributed by atoms with Gasteiger partial charge in [-0.25, -0.2) is 4.57 Å². The maximum Gasteiger partial charge on any atom is 0.472 e. The highest BCUT2D eigenvalue weighted by Gasteiger charge is 2.27. The molecule has 0 aromatic carbocycles. The number of carbonyl (C=O) groups excluding carboxylic acids is 2. The van der Waals surface area contributed by atoms with Crippen molar-refractivity contribution in [3.63, 3.8) is 0 Å². The summed E-state index contributed by atoms with van der Waals surface area (Å²) in [7, 11) is 1.44. The molecule has 1 N–H and O–H groups in total. The number of esters is 2. The largest absolute Gasteiger partial charge is 0.472 e. The Balaban J connectivity index is 4.47. The first kappa shape index (κ1) is 48.7. The molecule has 0 spiro atoms. The molecule has 0 heterocycles. The first-order valence-electron chi connectivity index (χ1n) is 19.5. The summed E-state index contributed by atoms with van der Waals surface area (Å²) in [4.78, 5) is 35.2. The van der Waals surface area contributed by atoms with E-state index < -0.39 is 26.5 Å². The Hall–Kier alpha value is -2.29. The Kier molecular flexibility index (Phi) is 32.0. The predicted octanol–water partition coefficient (Wildman–Crippen LogP) is 10.5. The molecule has 0 aliphatic rings. The van der Waals surface area contributed by atoms with E-state index in [0.717, 1.165) is 83.5 Å².